The minimum absolute atomic E-state index is 0. The number of aldehydes is 1. The number of fused-ring (bicyclic) bond motifs is 1. The fraction of sp³-hybridized carbons (Fsp3) is 0. The van der Waals surface area contributed by atoms with E-state index in [-0.39, 0.29) is 1.43 Å². The highest BCUT2D eigenvalue weighted by Gasteiger charge is 1.95. The van der Waals surface area contributed by atoms with Crippen molar-refractivity contribution in [2.45, 2.75) is 0 Å². The van der Waals surface area contributed by atoms with Crippen LogP contribution in [0.4, 0.5) is 0 Å². The van der Waals surface area contributed by atoms with Gasteiger partial charge in [0.1, 0.15) is 5.70 Å². The van der Waals surface area contributed by atoms with Gasteiger partial charge in [0.25, 0.3) is 0 Å². The molecule has 0 spiro atoms. The van der Waals surface area contributed by atoms with Gasteiger partial charge in [-0.2, -0.15) is 0 Å². The van der Waals surface area contributed by atoms with Crippen molar-refractivity contribution < 1.29 is 6.22 Å². The Kier molecular flexibility index (Phi) is 2.27. The van der Waals surface area contributed by atoms with Crippen LogP contribution >= 0.6 is 11.8 Å². The van der Waals surface area contributed by atoms with Crippen molar-refractivity contribution in [3.8, 4) is 0 Å². The van der Waals surface area contributed by atoms with Crippen molar-refractivity contribution in [2.24, 2.45) is 4.99 Å². The van der Waals surface area contributed by atoms with Crippen molar-refractivity contribution in [3.63, 3.8) is 0 Å². The SMILES string of the molecule is O=CC1=CSC=c2ccccc2=N1.[H+]. The molecule has 0 atom stereocenters. The molecule has 0 aromatic heterocycles. The zero-order chi connectivity index (χ0) is 9.10. The van der Waals surface area contributed by atoms with Crippen molar-refractivity contribution in [2.75, 3.05) is 0 Å². The number of hydrogen-bond acceptors (Lipinski definition) is 3. The molecule has 2 nitrogen and oxygen atoms in total. The molecule has 0 bridgehead atoms. The van der Waals surface area contributed by atoms with Crippen LogP contribution in [-0.4, -0.2) is 6.29 Å². The van der Waals surface area contributed by atoms with E-state index >= 15 is 0 Å². The lowest BCUT2D eigenvalue weighted by Gasteiger charge is -1.86. The summed E-state index contributed by atoms with van der Waals surface area (Å²) in [4.78, 5) is 14.7. The Bertz CT molecular complexity index is 481. The molecule has 0 unspecified atom stereocenters. The first-order chi connectivity index (χ1) is 6.40. The van der Waals surface area contributed by atoms with E-state index in [1.165, 1.54) is 11.8 Å². The van der Waals surface area contributed by atoms with E-state index in [0.29, 0.717) is 5.70 Å². The van der Waals surface area contributed by atoms with Gasteiger partial charge >= 0.3 is 1.43 Å². The number of allylic oxidation sites excluding steroid dienone is 1. The summed E-state index contributed by atoms with van der Waals surface area (Å²) in [7, 11) is 0. The molecule has 1 aliphatic rings. The summed E-state index contributed by atoms with van der Waals surface area (Å²) >= 11 is 1.48. The van der Waals surface area contributed by atoms with Gasteiger partial charge in [0, 0.05) is 10.6 Å². The molecule has 0 amide bonds. The van der Waals surface area contributed by atoms with Crippen LogP contribution in [0.2, 0.25) is 0 Å². The lowest BCUT2D eigenvalue weighted by Crippen LogP contribution is -2.23. The number of thioether (sulfide) groups is 1. The van der Waals surface area contributed by atoms with Crippen LogP contribution in [0.1, 0.15) is 1.43 Å². The van der Waals surface area contributed by atoms with Crippen LogP contribution < -0.4 is 10.6 Å². The second kappa shape index (κ2) is 3.58. The highest BCUT2D eigenvalue weighted by molar-refractivity contribution is 8.09. The number of carbonyl (C=O) groups excluding carboxylic acids is 1. The van der Waals surface area contributed by atoms with E-state index in [2.05, 4.69) is 4.99 Å². The quantitative estimate of drug-likeness (QED) is 0.617. The lowest BCUT2D eigenvalue weighted by molar-refractivity contribution is -0.104. The highest BCUT2D eigenvalue weighted by atomic mass is 32.2. The largest absolute Gasteiger partial charge is 1.00 e. The molecule has 1 aromatic rings. The minimum Gasteiger partial charge on any atom is -0.296 e. The third kappa shape index (κ3) is 1.70. The molecule has 1 aromatic carbocycles. The van der Waals surface area contributed by atoms with Crippen molar-refractivity contribution >= 4 is 23.5 Å². The van der Waals surface area contributed by atoms with E-state index in [4.69, 9.17) is 0 Å². The maximum absolute atomic E-state index is 10.5. The molecule has 0 aliphatic carbocycles. The standard InChI is InChI=1S/C10H7NOS/c12-5-9-7-13-6-8-3-1-2-4-10(8)11-9/h1-7H/p+1. The Labute approximate surface area is 81.2 Å². The number of para-hydroxylation sites is 1. The van der Waals surface area contributed by atoms with Crippen LogP contribution in [-0.2, 0) is 4.79 Å². The Morgan fingerprint density at radius 1 is 1.31 bits per heavy atom. The molecular weight excluding hydrogens is 182 g/mol. The second-order valence-electron chi connectivity index (χ2n) is 2.59. The van der Waals surface area contributed by atoms with Gasteiger partial charge in [0.05, 0.1) is 5.36 Å². The van der Waals surface area contributed by atoms with Gasteiger partial charge < -0.3 is 0 Å². The Morgan fingerprint density at radius 2 is 2.15 bits per heavy atom. The molecule has 0 radical (unpaired) electrons. The third-order valence-corrected chi connectivity index (χ3v) is 2.46. The molecule has 0 N–H and O–H groups in total. The molecule has 0 saturated carbocycles. The first kappa shape index (κ1) is 8.26. The molecule has 2 rings (SSSR count). The van der Waals surface area contributed by atoms with Crippen LogP contribution in [0, 0.1) is 0 Å². The number of hydrogen-bond donors (Lipinski definition) is 0. The monoisotopic (exact) mass is 190 g/mol. The van der Waals surface area contributed by atoms with Gasteiger partial charge in [-0.05, 0) is 11.5 Å². The van der Waals surface area contributed by atoms with E-state index in [9.17, 15) is 4.79 Å². The third-order valence-electron chi connectivity index (χ3n) is 1.69. The zero-order valence-electron chi connectivity index (χ0n) is 7.81. The fourth-order valence-corrected chi connectivity index (χ4v) is 1.75. The minimum atomic E-state index is 0. The van der Waals surface area contributed by atoms with Gasteiger partial charge in [-0.25, -0.2) is 4.99 Å². The predicted octanol–water partition coefficient (Wildman–Crippen LogP) is 0.944. The Hall–Kier alpha value is -1.35. The first-order valence-corrected chi connectivity index (χ1v) is 4.79. The molecule has 13 heavy (non-hydrogen) atoms. The molecule has 0 saturated heterocycles. The van der Waals surface area contributed by atoms with Crippen molar-refractivity contribution in [1.82, 2.24) is 0 Å². The van der Waals surface area contributed by atoms with E-state index in [1.54, 1.807) is 5.41 Å². The van der Waals surface area contributed by atoms with E-state index in [0.717, 1.165) is 16.9 Å². The maximum Gasteiger partial charge on any atom is 1.00 e. The predicted molar refractivity (Wildman–Crippen MR) is 54.5 cm³/mol. The summed E-state index contributed by atoms with van der Waals surface area (Å²) in [6.07, 6.45) is 0.767. The summed E-state index contributed by atoms with van der Waals surface area (Å²) in [6, 6.07) is 7.74. The topological polar surface area (TPSA) is 29.4 Å². The summed E-state index contributed by atoms with van der Waals surface area (Å²) in [5, 5.41) is 5.63. The molecule has 0 fully saturated rings. The molecule has 64 valence electrons. The van der Waals surface area contributed by atoms with Gasteiger partial charge in [-0.15, -0.1) is 11.8 Å². The average molecular weight is 190 g/mol. The smallest absolute Gasteiger partial charge is 0.296 e. The summed E-state index contributed by atoms with van der Waals surface area (Å²) < 4.78 is 0. The van der Waals surface area contributed by atoms with Gasteiger partial charge in [-0.1, -0.05) is 18.2 Å². The van der Waals surface area contributed by atoms with Crippen LogP contribution in [0.15, 0.2) is 40.4 Å². The summed E-state index contributed by atoms with van der Waals surface area (Å²) in [5.74, 6) is 0. The normalized spacial score (nSPS) is 14.3. The number of nitrogens with zero attached hydrogens (tertiary/aromatic N) is 1. The Morgan fingerprint density at radius 3 is 3.00 bits per heavy atom. The zero-order valence-corrected chi connectivity index (χ0v) is 7.62. The van der Waals surface area contributed by atoms with Crippen LogP contribution in [0.3, 0.4) is 0 Å². The fourth-order valence-electron chi connectivity index (χ4n) is 1.09. The Balaban J connectivity index is 0.000000980. The molecule has 3 heteroatoms. The highest BCUT2D eigenvalue weighted by Crippen LogP contribution is 2.08. The summed E-state index contributed by atoms with van der Waals surface area (Å²) in [5.41, 5.74) is 0.478. The molecule has 1 aliphatic heterocycles. The number of benzene rings is 1. The van der Waals surface area contributed by atoms with Gasteiger partial charge in [-0.3, -0.25) is 4.79 Å². The first-order valence-electron chi connectivity index (χ1n) is 3.85. The van der Waals surface area contributed by atoms with Crippen LogP contribution in [0.25, 0.3) is 5.41 Å². The van der Waals surface area contributed by atoms with Gasteiger partial charge in [0.15, 0.2) is 6.29 Å². The lowest BCUT2D eigenvalue weighted by atomic mass is 10.3. The van der Waals surface area contributed by atoms with Crippen molar-refractivity contribution in [3.05, 3.63) is 45.9 Å². The van der Waals surface area contributed by atoms with E-state index < -0.39 is 0 Å². The maximum atomic E-state index is 10.5. The molecule has 1 heterocycles. The van der Waals surface area contributed by atoms with Crippen molar-refractivity contribution in [1.29, 1.82) is 0 Å². The van der Waals surface area contributed by atoms with E-state index in [1.807, 2.05) is 29.7 Å². The second-order valence-corrected chi connectivity index (χ2v) is 3.33. The summed E-state index contributed by atoms with van der Waals surface area (Å²) in [6.45, 7) is 0. The average Bonchev–Trinajstić information content (AvgIpc) is 2.38. The molecular formula is C10H8NOS+. The van der Waals surface area contributed by atoms with Crippen LogP contribution in [0.5, 0.6) is 0 Å². The number of rotatable bonds is 1. The number of carbonyl (C=O) groups is 1. The van der Waals surface area contributed by atoms with Gasteiger partial charge in [0.2, 0.25) is 0 Å².